The highest BCUT2D eigenvalue weighted by Crippen LogP contribution is 2.17. The molecular formula is C16H30N4O2. The highest BCUT2D eigenvalue weighted by atomic mass is 16.6. The third kappa shape index (κ3) is 7.45. The Balaban J connectivity index is 2.40. The molecule has 0 fully saturated rings. The van der Waals surface area contributed by atoms with Crippen LogP contribution in [0.4, 0.5) is 4.79 Å². The van der Waals surface area contributed by atoms with E-state index >= 15 is 0 Å². The summed E-state index contributed by atoms with van der Waals surface area (Å²) in [4.78, 5) is 14.0. The Bertz CT molecular complexity index is 489. The summed E-state index contributed by atoms with van der Waals surface area (Å²) in [5, 5.41) is 7.02. The van der Waals surface area contributed by atoms with Crippen molar-refractivity contribution >= 4 is 6.09 Å². The van der Waals surface area contributed by atoms with Gasteiger partial charge in [-0.3, -0.25) is 4.68 Å². The lowest BCUT2D eigenvalue weighted by molar-refractivity contribution is 0.0497. The summed E-state index contributed by atoms with van der Waals surface area (Å²) in [5.41, 5.74) is 0.667. The molecule has 1 heterocycles. The molecule has 1 rings (SSSR count). The molecule has 0 saturated carbocycles. The predicted octanol–water partition coefficient (Wildman–Crippen LogP) is 2.40. The maximum absolute atomic E-state index is 11.7. The van der Waals surface area contributed by atoms with Crippen LogP contribution in [0.15, 0.2) is 12.4 Å². The van der Waals surface area contributed by atoms with Crippen LogP contribution in [0.3, 0.4) is 0 Å². The standard InChI is InChI=1S/C16H30N4O2/c1-15(2,3)22-14(21)17-11-16(4,5)12-19(6)9-13-8-18-20(7)10-13/h8,10H,9,11-12H2,1-7H3,(H,17,21). The number of carbonyl (C=O) groups excluding carboxylic acids is 1. The van der Waals surface area contributed by atoms with E-state index < -0.39 is 5.60 Å². The third-order valence-electron chi connectivity index (χ3n) is 3.02. The van der Waals surface area contributed by atoms with E-state index in [1.54, 1.807) is 4.68 Å². The molecule has 0 aromatic carbocycles. The number of aromatic nitrogens is 2. The maximum Gasteiger partial charge on any atom is 0.407 e. The van der Waals surface area contributed by atoms with Gasteiger partial charge in [0.25, 0.3) is 0 Å². The molecule has 126 valence electrons. The van der Waals surface area contributed by atoms with Crippen LogP contribution in [0.1, 0.15) is 40.2 Å². The van der Waals surface area contributed by atoms with E-state index in [9.17, 15) is 4.79 Å². The van der Waals surface area contributed by atoms with Crippen LogP contribution in [0.25, 0.3) is 0 Å². The van der Waals surface area contributed by atoms with Crippen molar-refractivity contribution in [2.75, 3.05) is 20.1 Å². The van der Waals surface area contributed by atoms with Gasteiger partial charge in [-0.25, -0.2) is 4.79 Å². The summed E-state index contributed by atoms with van der Waals surface area (Å²) < 4.78 is 7.07. The van der Waals surface area contributed by atoms with Gasteiger partial charge in [-0.1, -0.05) is 13.8 Å². The van der Waals surface area contributed by atoms with E-state index in [1.165, 1.54) is 5.56 Å². The Labute approximate surface area is 133 Å². The molecule has 0 saturated heterocycles. The fourth-order valence-corrected chi connectivity index (χ4v) is 2.33. The van der Waals surface area contributed by atoms with Crippen LogP contribution in [0, 0.1) is 5.41 Å². The van der Waals surface area contributed by atoms with Gasteiger partial charge in [-0.15, -0.1) is 0 Å². The van der Waals surface area contributed by atoms with Crippen LogP contribution >= 0.6 is 0 Å². The summed E-state index contributed by atoms with van der Waals surface area (Å²) in [6.45, 7) is 12.1. The van der Waals surface area contributed by atoms with Crippen molar-refractivity contribution in [2.45, 2.75) is 46.8 Å². The van der Waals surface area contributed by atoms with Gasteiger partial charge >= 0.3 is 6.09 Å². The van der Waals surface area contributed by atoms with Crippen molar-refractivity contribution in [3.63, 3.8) is 0 Å². The van der Waals surface area contributed by atoms with Crippen LogP contribution in [-0.2, 0) is 18.3 Å². The zero-order chi connectivity index (χ0) is 17.0. The first-order valence-corrected chi connectivity index (χ1v) is 7.60. The second-order valence-electron chi connectivity index (χ2n) is 7.71. The lowest BCUT2D eigenvalue weighted by atomic mass is 9.93. The first-order chi connectivity index (χ1) is 9.97. The van der Waals surface area contributed by atoms with E-state index in [1.807, 2.05) is 40.2 Å². The number of aryl methyl sites for hydroxylation is 1. The van der Waals surface area contributed by atoms with Crippen molar-refractivity contribution in [2.24, 2.45) is 12.5 Å². The molecule has 0 spiro atoms. The van der Waals surface area contributed by atoms with Gasteiger partial charge in [0.1, 0.15) is 5.60 Å². The van der Waals surface area contributed by atoms with E-state index in [4.69, 9.17) is 4.74 Å². The number of carbonyl (C=O) groups is 1. The van der Waals surface area contributed by atoms with E-state index in [-0.39, 0.29) is 11.5 Å². The summed E-state index contributed by atoms with van der Waals surface area (Å²) in [7, 11) is 3.99. The van der Waals surface area contributed by atoms with Crippen LogP contribution in [0.2, 0.25) is 0 Å². The third-order valence-corrected chi connectivity index (χ3v) is 3.02. The number of hydrogen-bond acceptors (Lipinski definition) is 4. The van der Waals surface area contributed by atoms with Crippen LogP contribution < -0.4 is 5.32 Å². The molecule has 22 heavy (non-hydrogen) atoms. The number of nitrogens with zero attached hydrogens (tertiary/aromatic N) is 3. The summed E-state index contributed by atoms with van der Waals surface area (Å²) in [6.07, 6.45) is 3.53. The molecule has 0 atom stereocenters. The van der Waals surface area contributed by atoms with Crippen molar-refractivity contribution < 1.29 is 9.53 Å². The minimum Gasteiger partial charge on any atom is -0.444 e. The largest absolute Gasteiger partial charge is 0.444 e. The van der Waals surface area contributed by atoms with Gasteiger partial charge in [0.15, 0.2) is 0 Å². The topological polar surface area (TPSA) is 59.4 Å². The number of amides is 1. The summed E-state index contributed by atoms with van der Waals surface area (Å²) >= 11 is 0. The molecule has 1 amide bonds. The first kappa shape index (κ1) is 18.5. The van der Waals surface area contributed by atoms with Gasteiger partial charge < -0.3 is 15.0 Å². The minimum atomic E-state index is -0.467. The molecule has 6 heteroatoms. The molecule has 1 N–H and O–H groups in total. The Hall–Kier alpha value is -1.56. The fraction of sp³-hybridized carbons (Fsp3) is 0.750. The van der Waals surface area contributed by atoms with Gasteiger partial charge in [0.05, 0.1) is 6.20 Å². The van der Waals surface area contributed by atoms with Gasteiger partial charge in [0.2, 0.25) is 0 Å². The number of nitrogens with one attached hydrogen (secondary N) is 1. The van der Waals surface area contributed by atoms with Crippen LogP contribution in [-0.4, -0.2) is 46.5 Å². The Morgan fingerprint density at radius 2 is 2.00 bits per heavy atom. The smallest absolute Gasteiger partial charge is 0.407 e. The van der Waals surface area contributed by atoms with Crippen molar-refractivity contribution in [3.8, 4) is 0 Å². The lowest BCUT2D eigenvalue weighted by Gasteiger charge is -2.30. The molecule has 0 aliphatic heterocycles. The van der Waals surface area contributed by atoms with Gasteiger partial charge in [-0.2, -0.15) is 5.10 Å². The molecule has 0 bridgehead atoms. The minimum absolute atomic E-state index is 0.0478. The number of rotatable bonds is 6. The molecule has 0 unspecified atom stereocenters. The average molecular weight is 310 g/mol. The molecule has 1 aromatic heterocycles. The van der Waals surface area contributed by atoms with Crippen molar-refractivity contribution in [3.05, 3.63) is 18.0 Å². The lowest BCUT2D eigenvalue weighted by Crippen LogP contribution is -2.42. The van der Waals surface area contributed by atoms with E-state index in [0.717, 1.165) is 13.1 Å². The fourth-order valence-electron chi connectivity index (χ4n) is 2.33. The zero-order valence-corrected chi connectivity index (χ0v) is 14.9. The SMILES string of the molecule is CN(Cc1cnn(C)c1)CC(C)(C)CNC(=O)OC(C)(C)C. The van der Waals surface area contributed by atoms with E-state index in [2.05, 4.69) is 36.2 Å². The number of alkyl carbamates (subject to hydrolysis) is 1. The molecule has 6 nitrogen and oxygen atoms in total. The normalized spacial score (nSPS) is 12.5. The quantitative estimate of drug-likeness (QED) is 0.876. The molecular weight excluding hydrogens is 280 g/mol. The number of hydrogen-bond donors (Lipinski definition) is 1. The number of ether oxygens (including phenoxy) is 1. The summed E-state index contributed by atoms with van der Waals surface area (Å²) in [6, 6.07) is 0. The second-order valence-corrected chi connectivity index (χ2v) is 7.71. The summed E-state index contributed by atoms with van der Waals surface area (Å²) in [5.74, 6) is 0. The van der Waals surface area contributed by atoms with Crippen molar-refractivity contribution in [1.29, 1.82) is 0 Å². The zero-order valence-electron chi connectivity index (χ0n) is 14.9. The first-order valence-electron chi connectivity index (χ1n) is 7.60. The second kappa shape index (κ2) is 7.13. The average Bonchev–Trinajstić information content (AvgIpc) is 2.69. The molecule has 0 aliphatic rings. The Morgan fingerprint density at radius 1 is 1.36 bits per heavy atom. The van der Waals surface area contributed by atoms with Gasteiger partial charge in [0, 0.05) is 38.4 Å². The van der Waals surface area contributed by atoms with Crippen LogP contribution in [0.5, 0.6) is 0 Å². The molecule has 0 radical (unpaired) electrons. The monoisotopic (exact) mass is 310 g/mol. The Morgan fingerprint density at radius 3 is 2.50 bits per heavy atom. The molecule has 0 aliphatic carbocycles. The Kier molecular flexibility index (Phi) is 6.00. The highest BCUT2D eigenvalue weighted by molar-refractivity contribution is 5.67. The highest BCUT2D eigenvalue weighted by Gasteiger charge is 2.23. The van der Waals surface area contributed by atoms with E-state index in [0.29, 0.717) is 6.54 Å². The van der Waals surface area contributed by atoms with Crippen molar-refractivity contribution in [1.82, 2.24) is 20.0 Å². The maximum atomic E-state index is 11.7. The molecule has 1 aromatic rings. The van der Waals surface area contributed by atoms with Gasteiger partial charge in [-0.05, 0) is 33.2 Å². The predicted molar refractivity (Wildman–Crippen MR) is 87.6 cm³/mol.